The van der Waals surface area contributed by atoms with E-state index >= 15 is 0 Å². The Balaban J connectivity index is 1.47. The number of hydrogen-bond acceptors (Lipinski definition) is 4. The number of aliphatic imine (C=N–C) groups is 1. The minimum Gasteiger partial charge on any atom is -0.370 e. The van der Waals surface area contributed by atoms with Crippen LogP contribution in [-0.4, -0.2) is 60.9 Å². The zero-order chi connectivity index (χ0) is 29.7. The highest BCUT2D eigenvalue weighted by atomic mass is 35.5. The molecule has 2 amide bonds. The monoisotopic (exact) mass is 586 g/mol. The van der Waals surface area contributed by atoms with Crippen molar-refractivity contribution in [2.24, 2.45) is 16.5 Å². The number of nitrogens with two attached hydrogens (primary N) is 2. The lowest BCUT2D eigenvalue weighted by atomic mass is 9.90. The Labute approximate surface area is 252 Å². The van der Waals surface area contributed by atoms with Crippen molar-refractivity contribution in [1.82, 2.24) is 15.5 Å². The number of nitrogens with one attached hydrogen (secondary N) is 2. The molecule has 0 unspecified atom stereocenters. The highest BCUT2D eigenvalue weighted by molar-refractivity contribution is 6.32. The van der Waals surface area contributed by atoms with Crippen LogP contribution in [0.15, 0.2) is 96.0 Å². The fraction of sp³-hybridized carbons (Fsp3) is 0.303. The van der Waals surface area contributed by atoms with Gasteiger partial charge in [-0.2, -0.15) is 0 Å². The predicted molar refractivity (Wildman–Crippen MR) is 170 cm³/mol. The quantitative estimate of drug-likeness (QED) is 0.111. The minimum absolute atomic E-state index is 0.0323. The number of carbonyl (C=O) groups is 2. The maximum atomic E-state index is 13.9. The SMILES string of the molecule is NC(N)=NCCC[C@@H]1N[C@H](CNC(=O)C=Cc2ccccc2Cl)CCN(CC(c2ccccc2)c2ccccc2)C1=O. The Morgan fingerprint density at radius 3 is 2.31 bits per heavy atom. The van der Waals surface area contributed by atoms with E-state index in [1.165, 1.54) is 6.08 Å². The van der Waals surface area contributed by atoms with Crippen LogP contribution >= 0.6 is 11.6 Å². The van der Waals surface area contributed by atoms with Crippen molar-refractivity contribution in [2.75, 3.05) is 26.2 Å². The Bertz CT molecular complexity index is 1320. The van der Waals surface area contributed by atoms with Gasteiger partial charge in [0.05, 0.1) is 6.04 Å². The Morgan fingerprint density at radius 2 is 1.67 bits per heavy atom. The summed E-state index contributed by atoms with van der Waals surface area (Å²) in [7, 11) is 0. The first-order valence-electron chi connectivity index (χ1n) is 14.3. The molecule has 220 valence electrons. The number of carbonyl (C=O) groups excluding carboxylic acids is 2. The van der Waals surface area contributed by atoms with Crippen LogP contribution in [0.4, 0.5) is 0 Å². The second kappa shape index (κ2) is 15.7. The Morgan fingerprint density at radius 1 is 1.02 bits per heavy atom. The maximum absolute atomic E-state index is 13.9. The van der Waals surface area contributed by atoms with Gasteiger partial charge < -0.3 is 27.0 Å². The van der Waals surface area contributed by atoms with E-state index < -0.39 is 6.04 Å². The molecule has 1 fully saturated rings. The molecular formula is C33H39ClN6O2. The average molecular weight is 587 g/mol. The van der Waals surface area contributed by atoms with Crippen LogP contribution in [0.1, 0.15) is 41.9 Å². The van der Waals surface area contributed by atoms with Crippen molar-refractivity contribution in [3.05, 3.63) is 113 Å². The molecule has 0 aliphatic carbocycles. The molecular weight excluding hydrogens is 548 g/mol. The van der Waals surface area contributed by atoms with E-state index in [1.807, 2.05) is 59.5 Å². The number of hydrogen-bond donors (Lipinski definition) is 4. The third kappa shape index (κ3) is 9.19. The summed E-state index contributed by atoms with van der Waals surface area (Å²) in [6.45, 7) is 1.96. The van der Waals surface area contributed by atoms with Gasteiger partial charge in [-0.15, -0.1) is 0 Å². The van der Waals surface area contributed by atoms with Gasteiger partial charge in [0.25, 0.3) is 0 Å². The largest absolute Gasteiger partial charge is 0.370 e. The Kier molecular flexibility index (Phi) is 11.6. The predicted octanol–water partition coefficient (Wildman–Crippen LogP) is 3.91. The van der Waals surface area contributed by atoms with Gasteiger partial charge in [-0.3, -0.25) is 14.6 Å². The second-order valence-corrected chi connectivity index (χ2v) is 10.8. The van der Waals surface area contributed by atoms with Crippen molar-refractivity contribution < 1.29 is 9.59 Å². The summed E-state index contributed by atoms with van der Waals surface area (Å²) in [4.78, 5) is 32.6. The average Bonchev–Trinajstić information content (AvgIpc) is 3.15. The van der Waals surface area contributed by atoms with E-state index in [0.717, 1.165) is 16.7 Å². The van der Waals surface area contributed by atoms with Crippen molar-refractivity contribution in [1.29, 1.82) is 0 Å². The number of guanidine groups is 1. The zero-order valence-corrected chi connectivity index (χ0v) is 24.4. The lowest BCUT2D eigenvalue weighted by Crippen LogP contribution is -2.49. The van der Waals surface area contributed by atoms with Crippen molar-refractivity contribution >= 4 is 35.5 Å². The highest BCUT2D eigenvalue weighted by Crippen LogP contribution is 2.27. The number of amides is 2. The first kappa shape index (κ1) is 30.8. The first-order valence-corrected chi connectivity index (χ1v) is 14.7. The van der Waals surface area contributed by atoms with Crippen molar-refractivity contribution in [3.8, 4) is 0 Å². The molecule has 8 nitrogen and oxygen atoms in total. The molecule has 0 aromatic heterocycles. The fourth-order valence-electron chi connectivity index (χ4n) is 5.19. The van der Waals surface area contributed by atoms with Crippen molar-refractivity contribution in [3.63, 3.8) is 0 Å². The van der Waals surface area contributed by atoms with E-state index in [1.54, 1.807) is 12.1 Å². The van der Waals surface area contributed by atoms with Gasteiger partial charge in [-0.05, 0) is 48.1 Å². The molecule has 1 aliphatic rings. The second-order valence-electron chi connectivity index (χ2n) is 10.4. The van der Waals surface area contributed by atoms with Gasteiger partial charge in [-0.25, -0.2) is 0 Å². The molecule has 0 spiro atoms. The van der Waals surface area contributed by atoms with Crippen LogP contribution in [0, 0.1) is 0 Å². The minimum atomic E-state index is -0.422. The number of halogens is 1. The normalized spacial score (nSPS) is 17.3. The zero-order valence-electron chi connectivity index (χ0n) is 23.7. The number of benzene rings is 3. The van der Waals surface area contributed by atoms with Crippen LogP contribution in [0.25, 0.3) is 6.08 Å². The van der Waals surface area contributed by atoms with Crippen molar-refractivity contribution in [2.45, 2.75) is 37.3 Å². The van der Waals surface area contributed by atoms with Crippen LogP contribution in [0.5, 0.6) is 0 Å². The van der Waals surface area contributed by atoms with E-state index in [0.29, 0.717) is 50.5 Å². The van der Waals surface area contributed by atoms with Crippen LogP contribution in [0.3, 0.4) is 0 Å². The third-order valence-corrected chi connectivity index (χ3v) is 7.73. The van der Waals surface area contributed by atoms with E-state index in [9.17, 15) is 9.59 Å². The van der Waals surface area contributed by atoms with Gasteiger partial charge in [0, 0.05) is 49.2 Å². The van der Waals surface area contributed by atoms with Gasteiger partial charge >= 0.3 is 0 Å². The molecule has 0 saturated carbocycles. The number of nitrogens with zero attached hydrogens (tertiary/aromatic N) is 2. The summed E-state index contributed by atoms with van der Waals surface area (Å²) in [5.74, 6) is -0.105. The van der Waals surface area contributed by atoms with Gasteiger partial charge in [0.1, 0.15) is 0 Å². The topological polar surface area (TPSA) is 126 Å². The standard InChI is InChI=1S/C33H39ClN6O2/c34-29-15-8-7-14-26(29)17-18-31(41)38-22-27-19-21-40(32(42)30(39-27)16-9-20-37-33(35)36)23-28(24-10-3-1-4-11-24)25-12-5-2-6-13-25/h1-8,10-15,17-18,27-28,30,39H,9,16,19-23H2,(H,38,41)(H4,35,36,37)/t27-,30-/m0/s1. The first-order chi connectivity index (χ1) is 20.4. The van der Waals surface area contributed by atoms with E-state index in [4.69, 9.17) is 23.1 Å². The molecule has 9 heteroatoms. The van der Waals surface area contributed by atoms with Gasteiger partial charge in [-0.1, -0.05) is 90.5 Å². The lowest BCUT2D eigenvalue weighted by Gasteiger charge is -2.29. The van der Waals surface area contributed by atoms with Gasteiger partial charge in [0.2, 0.25) is 11.8 Å². The van der Waals surface area contributed by atoms with Gasteiger partial charge in [0.15, 0.2) is 5.96 Å². The summed E-state index contributed by atoms with van der Waals surface area (Å²) < 4.78 is 0. The van der Waals surface area contributed by atoms with E-state index in [2.05, 4.69) is 39.9 Å². The smallest absolute Gasteiger partial charge is 0.244 e. The molecule has 0 radical (unpaired) electrons. The highest BCUT2D eigenvalue weighted by Gasteiger charge is 2.32. The Hall–Kier alpha value is -4.14. The summed E-state index contributed by atoms with van der Waals surface area (Å²) in [6.07, 6.45) is 5.09. The molecule has 3 aromatic carbocycles. The molecule has 1 aliphatic heterocycles. The molecule has 3 aromatic rings. The molecule has 1 heterocycles. The molecule has 4 rings (SSSR count). The van der Waals surface area contributed by atoms with Crippen LogP contribution in [0.2, 0.25) is 5.02 Å². The molecule has 0 bridgehead atoms. The summed E-state index contributed by atoms with van der Waals surface area (Å²) in [5.41, 5.74) is 14.1. The van der Waals surface area contributed by atoms with Crippen LogP contribution < -0.4 is 22.1 Å². The number of rotatable bonds is 12. The maximum Gasteiger partial charge on any atom is 0.244 e. The third-order valence-electron chi connectivity index (χ3n) is 7.39. The summed E-state index contributed by atoms with van der Waals surface area (Å²) in [5, 5.41) is 7.07. The summed E-state index contributed by atoms with van der Waals surface area (Å²) >= 11 is 6.20. The molecule has 6 N–H and O–H groups in total. The fourth-order valence-corrected chi connectivity index (χ4v) is 5.39. The lowest BCUT2D eigenvalue weighted by molar-refractivity contribution is -0.133. The summed E-state index contributed by atoms with van der Waals surface area (Å²) in [6, 6.07) is 27.4. The van der Waals surface area contributed by atoms with Crippen LogP contribution in [-0.2, 0) is 9.59 Å². The molecule has 42 heavy (non-hydrogen) atoms. The molecule has 1 saturated heterocycles. The molecule has 2 atom stereocenters. The van der Waals surface area contributed by atoms with E-state index in [-0.39, 0.29) is 29.7 Å².